The molecule has 26 heavy (non-hydrogen) atoms. The van der Waals surface area contributed by atoms with Crippen LogP contribution in [0.15, 0.2) is 36.4 Å². The second-order valence-corrected chi connectivity index (χ2v) is 6.94. The number of piperidine rings is 1. The second kappa shape index (κ2) is 7.46. The number of hydrogen-bond acceptors (Lipinski definition) is 4. The molecule has 6 heteroatoms. The van der Waals surface area contributed by atoms with Gasteiger partial charge in [0.05, 0.1) is 5.02 Å². The fourth-order valence-corrected chi connectivity index (χ4v) is 3.62. The van der Waals surface area contributed by atoms with Crippen molar-refractivity contribution in [3.05, 3.63) is 47.0 Å². The Balaban J connectivity index is 1.47. The average Bonchev–Trinajstić information content (AvgIpc) is 2.69. The first-order chi connectivity index (χ1) is 12.7. The van der Waals surface area contributed by atoms with Gasteiger partial charge in [0, 0.05) is 30.0 Å². The third-order valence-corrected chi connectivity index (χ3v) is 4.99. The van der Waals surface area contributed by atoms with Gasteiger partial charge in [-0.25, -0.2) is 0 Å². The minimum atomic E-state index is -0.227. The Labute approximate surface area is 157 Å². The van der Waals surface area contributed by atoms with Crippen molar-refractivity contribution in [2.45, 2.75) is 19.3 Å². The molecule has 136 valence electrons. The predicted molar refractivity (Wildman–Crippen MR) is 103 cm³/mol. The average molecular weight is 373 g/mol. The highest BCUT2D eigenvalue weighted by Crippen LogP contribution is 2.38. The Hall–Kier alpha value is -2.40. The van der Waals surface area contributed by atoms with E-state index in [4.69, 9.17) is 21.1 Å². The summed E-state index contributed by atoms with van der Waals surface area (Å²) >= 11 is 6.21. The largest absolute Gasteiger partial charge is 0.486 e. The Morgan fingerprint density at radius 2 is 1.73 bits per heavy atom. The zero-order valence-corrected chi connectivity index (χ0v) is 15.2. The molecule has 2 aromatic carbocycles. The zero-order valence-electron chi connectivity index (χ0n) is 14.5. The van der Waals surface area contributed by atoms with Crippen LogP contribution in [-0.4, -0.2) is 32.2 Å². The van der Waals surface area contributed by atoms with Gasteiger partial charge in [0.15, 0.2) is 11.5 Å². The van der Waals surface area contributed by atoms with Crippen molar-refractivity contribution in [2.75, 3.05) is 36.5 Å². The van der Waals surface area contributed by atoms with E-state index in [-0.39, 0.29) is 5.91 Å². The molecule has 1 N–H and O–H groups in total. The molecule has 2 aliphatic rings. The highest BCUT2D eigenvalue weighted by atomic mass is 35.5. The molecular formula is C20H21ClN2O3. The normalized spacial score (nSPS) is 16.3. The lowest BCUT2D eigenvalue weighted by atomic mass is 10.1. The zero-order chi connectivity index (χ0) is 17.9. The van der Waals surface area contributed by atoms with E-state index in [1.165, 1.54) is 24.9 Å². The molecule has 2 heterocycles. The second-order valence-electron chi connectivity index (χ2n) is 6.53. The minimum absolute atomic E-state index is 0.227. The Kier molecular flexibility index (Phi) is 4.89. The van der Waals surface area contributed by atoms with Crippen LogP contribution in [0.2, 0.25) is 5.02 Å². The molecule has 2 aromatic rings. The van der Waals surface area contributed by atoms with Crippen LogP contribution in [0.3, 0.4) is 0 Å². The summed E-state index contributed by atoms with van der Waals surface area (Å²) in [5.74, 6) is 0.782. The van der Waals surface area contributed by atoms with E-state index in [0.29, 0.717) is 35.3 Å². The molecule has 5 nitrogen and oxygen atoms in total. The summed E-state index contributed by atoms with van der Waals surface area (Å²) in [6, 6.07) is 11.2. The van der Waals surface area contributed by atoms with Crippen LogP contribution in [0.1, 0.15) is 29.6 Å². The highest BCUT2D eigenvalue weighted by Gasteiger charge is 2.19. The van der Waals surface area contributed by atoms with E-state index < -0.39 is 0 Å². The standard InChI is InChI=1S/C20H21ClN2O3/c21-17-12-14(13-18-19(17)26-11-10-25-18)20(24)22-15-4-6-16(7-5-15)23-8-2-1-3-9-23/h4-7,12-13H,1-3,8-11H2,(H,22,24). The van der Waals surface area contributed by atoms with Crippen molar-refractivity contribution < 1.29 is 14.3 Å². The van der Waals surface area contributed by atoms with Crippen LogP contribution in [0.25, 0.3) is 0 Å². The number of fused-ring (bicyclic) bond motifs is 1. The fourth-order valence-electron chi connectivity index (χ4n) is 3.35. The van der Waals surface area contributed by atoms with Crippen molar-refractivity contribution in [3.63, 3.8) is 0 Å². The fraction of sp³-hybridized carbons (Fsp3) is 0.350. The van der Waals surface area contributed by atoms with E-state index in [2.05, 4.69) is 22.3 Å². The summed E-state index contributed by atoms with van der Waals surface area (Å²) in [4.78, 5) is 14.9. The van der Waals surface area contributed by atoms with Crippen LogP contribution in [0.5, 0.6) is 11.5 Å². The quantitative estimate of drug-likeness (QED) is 0.870. The van der Waals surface area contributed by atoms with Gasteiger partial charge in [0.1, 0.15) is 13.2 Å². The monoisotopic (exact) mass is 372 g/mol. The van der Waals surface area contributed by atoms with Crippen LogP contribution in [0.4, 0.5) is 11.4 Å². The van der Waals surface area contributed by atoms with Crippen LogP contribution in [0, 0.1) is 0 Å². The molecule has 1 amide bonds. The number of nitrogens with one attached hydrogen (secondary N) is 1. The van der Waals surface area contributed by atoms with Crippen LogP contribution in [-0.2, 0) is 0 Å². The summed E-state index contributed by atoms with van der Waals surface area (Å²) in [5, 5.41) is 3.29. The van der Waals surface area contributed by atoms with Gasteiger partial charge in [0.25, 0.3) is 5.91 Å². The SMILES string of the molecule is O=C(Nc1ccc(N2CCCCC2)cc1)c1cc(Cl)c2c(c1)OCCO2. The topological polar surface area (TPSA) is 50.8 Å². The first-order valence-electron chi connectivity index (χ1n) is 8.96. The van der Waals surface area contributed by atoms with E-state index in [0.717, 1.165) is 18.8 Å². The van der Waals surface area contributed by atoms with Crippen LogP contribution < -0.4 is 19.7 Å². The van der Waals surface area contributed by atoms with Crippen molar-refractivity contribution in [2.24, 2.45) is 0 Å². The summed E-state index contributed by atoms with van der Waals surface area (Å²) in [6.07, 6.45) is 3.79. The minimum Gasteiger partial charge on any atom is -0.486 e. The van der Waals surface area contributed by atoms with Crippen molar-refractivity contribution in [3.8, 4) is 11.5 Å². The van der Waals surface area contributed by atoms with Gasteiger partial charge >= 0.3 is 0 Å². The summed E-state index contributed by atoms with van der Waals surface area (Å²) in [6.45, 7) is 3.11. The number of benzene rings is 2. The molecular weight excluding hydrogens is 352 g/mol. The maximum atomic E-state index is 12.6. The summed E-state index contributed by atoms with van der Waals surface area (Å²) in [7, 11) is 0. The van der Waals surface area contributed by atoms with Crippen molar-refractivity contribution >= 4 is 28.9 Å². The number of ether oxygens (including phenoxy) is 2. The number of nitrogens with zero attached hydrogens (tertiary/aromatic N) is 1. The first-order valence-corrected chi connectivity index (χ1v) is 9.34. The third kappa shape index (κ3) is 3.58. The number of amides is 1. The third-order valence-electron chi connectivity index (χ3n) is 4.71. The van der Waals surface area contributed by atoms with Gasteiger partial charge in [-0.1, -0.05) is 11.6 Å². The molecule has 0 unspecified atom stereocenters. The maximum Gasteiger partial charge on any atom is 0.255 e. The number of anilines is 2. The molecule has 0 spiro atoms. The van der Waals surface area contributed by atoms with Gasteiger partial charge in [0.2, 0.25) is 0 Å². The number of carbonyl (C=O) groups is 1. The van der Waals surface area contributed by atoms with Crippen molar-refractivity contribution in [1.82, 2.24) is 0 Å². The molecule has 0 radical (unpaired) electrons. The highest BCUT2D eigenvalue weighted by molar-refractivity contribution is 6.32. The lowest BCUT2D eigenvalue weighted by Crippen LogP contribution is -2.29. The smallest absolute Gasteiger partial charge is 0.255 e. The molecule has 0 atom stereocenters. The maximum absolute atomic E-state index is 12.6. The molecule has 1 fully saturated rings. The molecule has 1 saturated heterocycles. The number of halogens is 1. The summed E-state index contributed by atoms with van der Waals surface area (Å²) in [5.41, 5.74) is 2.39. The van der Waals surface area contributed by atoms with Gasteiger partial charge in [-0.15, -0.1) is 0 Å². The van der Waals surface area contributed by atoms with E-state index in [1.54, 1.807) is 12.1 Å². The Morgan fingerprint density at radius 1 is 1.00 bits per heavy atom. The first kappa shape index (κ1) is 17.0. The van der Waals surface area contributed by atoms with Crippen LogP contribution >= 0.6 is 11.6 Å². The Bertz CT molecular complexity index is 801. The number of carbonyl (C=O) groups excluding carboxylic acids is 1. The van der Waals surface area contributed by atoms with E-state index >= 15 is 0 Å². The summed E-state index contributed by atoms with van der Waals surface area (Å²) < 4.78 is 11.0. The molecule has 0 aromatic heterocycles. The molecule has 2 aliphatic heterocycles. The molecule has 0 bridgehead atoms. The lowest BCUT2D eigenvalue weighted by Gasteiger charge is -2.28. The van der Waals surface area contributed by atoms with Gasteiger partial charge in [-0.05, 0) is 55.7 Å². The van der Waals surface area contributed by atoms with Gasteiger partial charge < -0.3 is 19.7 Å². The number of hydrogen-bond donors (Lipinski definition) is 1. The predicted octanol–water partition coefficient (Wildman–Crippen LogP) is 4.35. The Morgan fingerprint density at radius 3 is 2.50 bits per heavy atom. The van der Waals surface area contributed by atoms with E-state index in [1.807, 2.05) is 12.1 Å². The van der Waals surface area contributed by atoms with Gasteiger partial charge in [-0.2, -0.15) is 0 Å². The van der Waals surface area contributed by atoms with E-state index in [9.17, 15) is 4.79 Å². The van der Waals surface area contributed by atoms with Gasteiger partial charge in [-0.3, -0.25) is 4.79 Å². The van der Waals surface area contributed by atoms with Crippen molar-refractivity contribution in [1.29, 1.82) is 0 Å². The number of rotatable bonds is 3. The molecule has 4 rings (SSSR count). The molecule has 0 saturated carbocycles. The molecule has 0 aliphatic carbocycles. The lowest BCUT2D eigenvalue weighted by molar-refractivity contribution is 0.102.